The number of anilines is 1. The number of amides is 1. The van der Waals surface area contributed by atoms with E-state index < -0.39 is 11.7 Å². The largest absolute Gasteiger partial charge is 0.298 e. The van der Waals surface area contributed by atoms with Crippen LogP contribution in [0.3, 0.4) is 0 Å². The minimum atomic E-state index is -0.693. The Morgan fingerprint density at radius 3 is 2.45 bits per heavy atom. The summed E-state index contributed by atoms with van der Waals surface area (Å²) in [7, 11) is 0. The highest BCUT2D eigenvalue weighted by Crippen LogP contribution is 2.24. The maximum atomic E-state index is 12.0. The van der Waals surface area contributed by atoms with Gasteiger partial charge in [-0.1, -0.05) is 30.3 Å². The number of hydrogen-bond donors (Lipinski definition) is 1. The number of nitrogens with one attached hydrogen (secondary N) is 1. The highest BCUT2D eigenvalue weighted by atomic mass is 32.1. The SMILES string of the molecule is O=C(Nc1nc(-c2ccncc2)cs1)C(=O)c1ccccc1. The molecule has 0 spiro atoms. The van der Waals surface area contributed by atoms with E-state index in [1.807, 2.05) is 17.5 Å². The number of hydrogen-bond acceptors (Lipinski definition) is 5. The first-order valence-electron chi connectivity index (χ1n) is 6.51. The first kappa shape index (κ1) is 14.1. The summed E-state index contributed by atoms with van der Waals surface area (Å²) in [5.74, 6) is -1.27. The van der Waals surface area contributed by atoms with Gasteiger partial charge in [0.2, 0.25) is 0 Å². The fourth-order valence-corrected chi connectivity index (χ4v) is 2.58. The van der Waals surface area contributed by atoms with Gasteiger partial charge in [-0.25, -0.2) is 4.98 Å². The summed E-state index contributed by atoms with van der Waals surface area (Å²) < 4.78 is 0. The topological polar surface area (TPSA) is 72.0 Å². The molecule has 0 bridgehead atoms. The van der Waals surface area contributed by atoms with Gasteiger partial charge in [-0.2, -0.15) is 0 Å². The maximum Gasteiger partial charge on any atom is 0.298 e. The quantitative estimate of drug-likeness (QED) is 0.594. The molecule has 22 heavy (non-hydrogen) atoms. The number of carbonyl (C=O) groups is 2. The Morgan fingerprint density at radius 1 is 1.00 bits per heavy atom. The molecule has 2 aromatic heterocycles. The van der Waals surface area contributed by atoms with Gasteiger partial charge < -0.3 is 0 Å². The van der Waals surface area contributed by atoms with E-state index in [0.29, 0.717) is 10.7 Å². The van der Waals surface area contributed by atoms with Crippen LogP contribution in [0.5, 0.6) is 0 Å². The third-order valence-corrected chi connectivity index (χ3v) is 3.70. The second kappa shape index (κ2) is 6.28. The number of rotatable bonds is 4. The van der Waals surface area contributed by atoms with Crippen LogP contribution in [0.1, 0.15) is 10.4 Å². The predicted molar refractivity (Wildman–Crippen MR) is 84.7 cm³/mol. The van der Waals surface area contributed by atoms with Gasteiger partial charge in [0, 0.05) is 28.9 Å². The van der Waals surface area contributed by atoms with Crippen LogP contribution in [-0.2, 0) is 4.79 Å². The summed E-state index contributed by atoms with van der Waals surface area (Å²) in [6, 6.07) is 12.1. The number of aromatic nitrogens is 2. The second-order valence-corrected chi connectivity index (χ2v) is 5.28. The standard InChI is InChI=1S/C16H11N3O2S/c20-14(12-4-2-1-3-5-12)15(21)19-16-18-13(10-22-16)11-6-8-17-9-7-11/h1-10H,(H,18,19,21). The predicted octanol–water partition coefficient (Wildman–Crippen LogP) is 3.03. The third kappa shape index (κ3) is 3.07. The molecule has 1 N–H and O–H groups in total. The van der Waals surface area contributed by atoms with Crippen molar-refractivity contribution in [2.45, 2.75) is 0 Å². The molecule has 0 unspecified atom stereocenters. The van der Waals surface area contributed by atoms with Gasteiger partial charge >= 0.3 is 0 Å². The Morgan fingerprint density at radius 2 is 1.73 bits per heavy atom. The van der Waals surface area contributed by atoms with Crippen LogP contribution in [0.2, 0.25) is 0 Å². The smallest absolute Gasteiger partial charge is 0.295 e. The third-order valence-electron chi connectivity index (χ3n) is 2.94. The van der Waals surface area contributed by atoms with Crippen molar-refractivity contribution in [3.8, 4) is 11.3 Å². The lowest BCUT2D eigenvalue weighted by Crippen LogP contribution is -2.22. The van der Waals surface area contributed by atoms with Gasteiger partial charge in [0.05, 0.1) is 5.69 Å². The number of benzene rings is 1. The fraction of sp³-hybridized carbons (Fsp3) is 0. The molecule has 0 aliphatic rings. The zero-order valence-corrected chi connectivity index (χ0v) is 12.2. The summed E-state index contributed by atoms with van der Waals surface area (Å²) in [5.41, 5.74) is 1.99. The molecule has 0 radical (unpaired) electrons. The Hall–Kier alpha value is -2.86. The normalized spacial score (nSPS) is 10.2. The first-order valence-corrected chi connectivity index (χ1v) is 7.38. The van der Waals surface area contributed by atoms with E-state index in [0.717, 1.165) is 11.3 Å². The van der Waals surface area contributed by atoms with Crippen LogP contribution in [0.25, 0.3) is 11.3 Å². The van der Waals surface area contributed by atoms with E-state index in [1.54, 1.807) is 42.7 Å². The maximum absolute atomic E-state index is 12.0. The van der Waals surface area contributed by atoms with Gasteiger partial charge in [0.1, 0.15) is 0 Å². The molecule has 5 nitrogen and oxygen atoms in total. The molecule has 108 valence electrons. The van der Waals surface area contributed by atoms with Gasteiger partial charge in [-0.3, -0.25) is 19.9 Å². The average Bonchev–Trinajstić information content (AvgIpc) is 3.04. The minimum absolute atomic E-state index is 0.353. The second-order valence-electron chi connectivity index (χ2n) is 4.42. The molecule has 1 amide bonds. The highest BCUT2D eigenvalue weighted by Gasteiger charge is 2.17. The molecule has 2 heterocycles. The molecule has 0 saturated heterocycles. The van der Waals surface area contributed by atoms with E-state index in [9.17, 15) is 9.59 Å². The summed E-state index contributed by atoms with van der Waals surface area (Å²) in [5, 5.41) is 4.74. The van der Waals surface area contributed by atoms with E-state index in [4.69, 9.17) is 0 Å². The Balaban J connectivity index is 1.73. The van der Waals surface area contributed by atoms with Crippen molar-refractivity contribution >= 4 is 28.2 Å². The van der Waals surface area contributed by atoms with Gasteiger partial charge in [-0.05, 0) is 12.1 Å². The molecule has 0 aliphatic heterocycles. The molecular formula is C16H11N3O2S. The van der Waals surface area contributed by atoms with Gasteiger partial charge in [0.15, 0.2) is 5.13 Å². The summed E-state index contributed by atoms with van der Waals surface area (Å²) >= 11 is 1.27. The Bertz CT molecular complexity index is 801. The number of Topliss-reactive ketones (excluding diaryl/α,β-unsaturated/α-hetero) is 1. The first-order chi connectivity index (χ1) is 10.7. The van der Waals surface area contributed by atoms with Crippen molar-refractivity contribution in [1.29, 1.82) is 0 Å². The van der Waals surface area contributed by atoms with Crippen LogP contribution in [-0.4, -0.2) is 21.7 Å². The molecule has 3 rings (SSSR count). The fourth-order valence-electron chi connectivity index (χ4n) is 1.86. The van der Waals surface area contributed by atoms with E-state index in [-0.39, 0.29) is 0 Å². The van der Waals surface area contributed by atoms with Crippen LogP contribution < -0.4 is 5.32 Å². The lowest BCUT2D eigenvalue weighted by molar-refractivity contribution is -0.112. The van der Waals surface area contributed by atoms with Crippen LogP contribution in [0, 0.1) is 0 Å². The number of pyridine rings is 1. The number of thiazole rings is 1. The molecule has 6 heteroatoms. The van der Waals surface area contributed by atoms with Crippen molar-refractivity contribution in [2.24, 2.45) is 0 Å². The van der Waals surface area contributed by atoms with Crippen molar-refractivity contribution in [3.05, 3.63) is 65.8 Å². The Labute approximate surface area is 130 Å². The molecule has 0 saturated carbocycles. The van der Waals surface area contributed by atoms with Crippen molar-refractivity contribution < 1.29 is 9.59 Å². The Kier molecular flexibility index (Phi) is 4.02. The number of nitrogens with zero attached hydrogens (tertiary/aromatic N) is 2. The molecule has 0 fully saturated rings. The van der Waals surface area contributed by atoms with Gasteiger partial charge in [0.25, 0.3) is 11.7 Å². The van der Waals surface area contributed by atoms with E-state index >= 15 is 0 Å². The molecule has 3 aromatic rings. The van der Waals surface area contributed by atoms with Crippen molar-refractivity contribution in [2.75, 3.05) is 5.32 Å². The van der Waals surface area contributed by atoms with Crippen LogP contribution >= 0.6 is 11.3 Å². The summed E-state index contributed by atoms with van der Waals surface area (Å²) in [6.45, 7) is 0. The van der Waals surface area contributed by atoms with E-state index in [1.165, 1.54) is 11.3 Å². The van der Waals surface area contributed by atoms with E-state index in [2.05, 4.69) is 15.3 Å². The van der Waals surface area contributed by atoms with Gasteiger partial charge in [-0.15, -0.1) is 11.3 Å². The van der Waals surface area contributed by atoms with Crippen molar-refractivity contribution in [3.63, 3.8) is 0 Å². The van der Waals surface area contributed by atoms with Crippen molar-refractivity contribution in [1.82, 2.24) is 9.97 Å². The monoisotopic (exact) mass is 309 g/mol. The average molecular weight is 309 g/mol. The van der Waals surface area contributed by atoms with Crippen LogP contribution in [0.4, 0.5) is 5.13 Å². The number of ketones is 1. The molecule has 0 aliphatic carbocycles. The number of carbonyl (C=O) groups excluding carboxylic acids is 2. The molecule has 0 atom stereocenters. The molecule has 1 aromatic carbocycles. The van der Waals surface area contributed by atoms with Crippen LogP contribution in [0.15, 0.2) is 60.2 Å². The summed E-state index contributed by atoms with van der Waals surface area (Å²) in [4.78, 5) is 32.2. The lowest BCUT2D eigenvalue weighted by Gasteiger charge is -2.00. The molecular weight excluding hydrogens is 298 g/mol. The summed E-state index contributed by atoms with van der Waals surface area (Å²) in [6.07, 6.45) is 3.34. The zero-order chi connectivity index (χ0) is 15.4. The lowest BCUT2D eigenvalue weighted by atomic mass is 10.1. The zero-order valence-electron chi connectivity index (χ0n) is 11.4. The highest BCUT2D eigenvalue weighted by molar-refractivity contribution is 7.14. The minimum Gasteiger partial charge on any atom is -0.295 e.